The number of piperidine rings is 1. The summed E-state index contributed by atoms with van der Waals surface area (Å²) >= 11 is 5.87. The van der Waals surface area contributed by atoms with Gasteiger partial charge in [-0.15, -0.1) is 0 Å². The van der Waals surface area contributed by atoms with E-state index in [9.17, 15) is 14.0 Å². The lowest BCUT2D eigenvalue weighted by molar-refractivity contribution is -0.132. The van der Waals surface area contributed by atoms with Crippen LogP contribution in [-0.4, -0.2) is 28.5 Å². The summed E-state index contributed by atoms with van der Waals surface area (Å²) in [5, 5.41) is 0.259. The molecule has 1 aliphatic rings. The van der Waals surface area contributed by atoms with Crippen molar-refractivity contribution in [3.63, 3.8) is 0 Å². The third-order valence-electron chi connectivity index (χ3n) is 5.03. The fourth-order valence-corrected chi connectivity index (χ4v) is 4.03. The second-order valence-electron chi connectivity index (χ2n) is 7.06. The van der Waals surface area contributed by atoms with Gasteiger partial charge in [0.15, 0.2) is 5.58 Å². The number of amides is 1. The number of fused-ring (bicyclic) bond motifs is 1. The maximum Gasteiger partial charge on any atom is 0.420 e. The maximum absolute atomic E-state index is 13.5. The van der Waals surface area contributed by atoms with Gasteiger partial charge in [-0.05, 0) is 48.7 Å². The molecule has 2 heterocycles. The molecule has 2 N–H and O–H groups in total. The predicted octanol–water partition coefficient (Wildman–Crippen LogP) is 3.38. The summed E-state index contributed by atoms with van der Waals surface area (Å²) in [7, 11) is 0. The fourth-order valence-electron chi connectivity index (χ4n) is 3.79. The summed E-state index contributed by atoms with van der Waals surface area (Å²) in [6.45, 7) is 0.983. The van der Waals surface area contributed by atoms with Crippen molar-refractivity contribution in [3.05, 3.63) is 63.4 Å². The van der Waals surface area contributed by atoms with Crippen LogP contribution >= 0.6 is 11.6 Å². The zero-order chi connectivity index (χ0) is 19.8. The Morgan fingerprint density at radius 3 is 2.89 bits per heavy atom. The monoisotopic (exact) mass is 403 g/mol. The molecule has 1 atom stereocenters. The Hall–Kier alpha value is -2.80. The molecule has 6 nitrogen and oxygen atoms in total. The fraction of sp³-hybridized carbons (Fsp3) is 0.300. The molecule has 28 heavy (non-hydrogen) atoms. The first kappa shape index (κ1) is 18.6. The summed E-state index contributed by atoms with van der Waals surface area (Å²) in [4.78, 5) is 26.8. The summed E-state index contributed by atoms with van der Waals surface area (Å²) in [6.07, 6.45) is 1.57. The van der Waals surface area contributed by atoms with Crippen LogP contribution in [-0.2, 0) is 11.2 Å². The van der Waals surface area contributed by atoms with Crippen LogP contribution in [0.1, 0.15) is 24.4 Å². The molecule has 1 aromatic heterocycles. The van der Waals surface area contributed by atoms with E-state index in [2.05, 4.69) is 0 Å². The standard InChI is InChI=1S/C20H19ClFN3O3/c21-13-6-12(7-14(22)9-13)8-19(26)24-5-1-2-16(11-24)25-17-4-3-15(23)10-18(17)28-20(25)27/h3-4,6-7,9-10,16H,1-2,5,8,11,23H2. The molecule has 1 saturated heterocycles. The SMILES string of the molecule is Nc1ccc2c(c1)oc(=O)n2C1CCCN(C(=O)Cc2cc(F)cc(Cl)c2)C1. The molecule has 0 radical (unpaired) electrons. The average molecular weight is 404 g/mol. The maximum atomic E-state index is 13.5. The van der Waals surface area contributed by atoms with E-state index in [4.69, 9.17) is 21.8 Å². The summed E-state index contributed by atoms with van der Waals surface area (Å²) in [5.74, 6) is -1.06. The van der Waals surface area contributed by atoms with Crippen molar-refractivity contribution in [3.8, 4) is 0 Å². The highest BCUT2D eigenvalue weighted by atomic mass is 35.5. The molecule has 0 aliphatic carbocycles. The zero-order valence-corrected chi connectivity index (χ0v) is 15.8. The third kappa shape index (κ3) is 3.62. The highest BCUT2D eigenvalue weighted by Gasteiger charge is 2.28. The summed E-state index contributed by atoms with van der Waals surface area (Å²) in [5.41, 5.74) is 7.90. The molecular formula is C20H19ClFN3O3. The van der Waals surface area contributed by atoms with Gasteiger partial charge < -0.3 is 15.1 Å². The van der Waals surface area contributed by atoms with Gasteiger partial charge in [0.25, 0.3) is 0 Å². The number of hydrogen-bond acceptors (Lipinski definition) is 4. The molecule has 0 bridgehead atoms. The number of oxazole rings is 1. The van der Waals surface area contributed by atoms with Crippen LogP contribution in [0.15, 0.2) is 45.6 Å². The van der Waals surface area contributed by atoms with Gasteiger partial charge in [-0.3, -0.25) is 9.36 Å². The number of anilines is 1. The van der Waals surface area contributed by atoms with Crippen LogP contribution in [0.3, 0.4) is 0 Å². The lowest BCUT2D eigenvalue weighted by Crippen LogP contribution is -2.42. The molecule has 2 aromatic carbocycles. The molecule has 0 spiro atoms. The molecule has 1 fully saturated rings. The van der Waals surface area contributed by atoms with Crippen molar-refractivity contribution in [1.82, 2.24) is 9.47 Å². The van der Waals surface area contributed by atoms with Gasteiger partial charge in [0.1, 0.15) is 5.82 Å². The topological polar surface area (TPSA) is 81.5 Å². The number of carbonyl (C=O) groups is 1. The average Bonchev–Trinajstić information content (AvgIpc) is 2.95. The molecule has 4 rings (SSSR count). The number of nitrogens with two attached hydrogens (primary N) is 1. The molecule has 146 valence electrons. The second-order valence-corrected chi connectivity index (χ2v) is 7.49. The largest absolute Gasteiger partial charge is 0.420 e. The van der Waals surface area contributed by atoms with Gasteiger partial charge >= 0.3 is 5.76 Å². The smallest absolute Gasteiger partial charge is 0.408 e. The van der Waals surface area contributed by atoms with Crippen molar-refractivity contribution >= 4 is 34.3 Å². The number of halogens is 2. The minimum atomic E-state index is -0.470. The lowest BCUT2D eigenvalue weighted by atomic mass is 10.0. The van der Waals surface area contributed by atoms with E-state index in [-0.39, 0.29) is 23.4 Å². The van der Waals surface area contributed by atoms with Gasteiger partial charge in [0, 0.05) is 29.9 Å². The Morgan fingerprint density at radius 1 is 1.29 bits per heavy atom. The van der Waals surface area contributed by atoms with E-state index in [1.807, 2.05) is 0 Å². The Kier molecular flexibility index (Phi) is 4.85. The van der Waals surface area contributed by atoms with E-state index in [0.717, 1.165) is 12.8 Å². The molecule has 1 amide bonds. The normalized spacial score (nSPS) is 17.2. The highest BCUT2D eigenvalue weighted by Crippen LogP contribution is 2.26. The van der Waals surface area contributed by atoms with E-state index >= 15 is 0 Å². The van der Waals surface area contributed by atoms with Gasteiger partial charge in [-0.2, -0.15) is 0 Å². The molecule has 1 unspecified atom stereocenters. The van der Waals surface area contributed by atoms with E-state index in [1.54, 1.807) is 33.7 Å². The van der Waals surface area contributed by atoms with E-state index in [0.29, 0.717) is 35.4 Å². The van der Waals surface area contributed by atoms with E-state index in [1.165, 1.54) is 12.1 Å². The quantitative estimate of drug-likeness (QED) is 0.680. The van der Waals surface area contributed by atoms with Crippen molar-refractivity contribution in [1.29, 1.82) is 0 Å². The number of nitrogen functional groups attached to an aromatic ring is 1. The number of likely N-dealkylation sites (tertiary alicyclic amines) is 1. The van der Waals surface area contributed by atoms with Crippen molar-refractivity contribution in [2.24, 2.45) is 0 Å². The molecule has 3 aromatic rings. The van der Waals surface area contributed by atoms with Crippen LogP contribution < -0.4 is 11.5 Å². The number of carbonyl (C=O) groups excluding carboxylic acids is 1. The molecule has 0 saturated carbocycles. The minimum absolute atomic E-state index is 0.0573. The Balaban J connectivity index is 1.55. The summed E-state index contributed by atoms with van der Waals surface area (Å²) in [6, 6.07) is 9.00. The van der Waals surface area contributed by atoms with Gasteiger partial charge in [0.05, 0.1) is 18.0 Å². The first-order valence-electron chi connectivity index (χ1n) is 9.04. The molecule has 1 aliphatic heterocycles. The van der Waals surface area contributed by atoms with Gasteiger partial charge in [-0.1, -0.05) is 11.6 Å². The van der Waals surface area contributed by atoms with Crippen LogP contribution in [0, 0.1) is 5.82 Å². The van der Waals surface area contributed by atoms with Crippen LogP contribution in [0.2, 0.25) is 5.02 Å². The second kappa shape index (κ2) is 7.31. The summed E-state index contributed by atoms with van der Waals surface area (Å²) < 4.78 is 20.4. The highest BCUT2D eigenvalue weighted by molar-refractivity contribution is 6.30. The Bertz CT molecular complexity index is 1090. The van der Waals surface area contributed by atoms with Crippen molar-refractivity contribution < 1.29 is 13.6 Å². The number of nitrogens with zero attached hydrogens (tertiary/aromatic N) is 2. The minimum Gasteiger partial charge on any atom is -0.408 e. The predicted molar refractivity (Wildman–Crippen MR) is 105 cm³/mol. The number of hydrogen-bond donors (Lipinski definition) is 1. The lowest BCUT2D eigenvalue weighted by Gasteiger charge is -2.33. The first-order valence-corrected chi connectivity index (χ1v) is 9.42. The number of aromatic nitrogens is 1. The van der Waals surface area contributed by atoms with Crippen molar-refractivity contribution in [2.45, 2.75) is 25.3 Å². The van der Waals surface area contributed by atoms with Gasteiger partial charge in [0.2, 0.25) is 5.91 Å². The molecule has 8 heteroatoms. The van der Waals surface area contributed by atoms with E-state index < -0.39 is 11.6 Å². The third-order valence-corrected chi connectivity index (χ3v) is 5.25. The first-order chi connectivity index (χ1) is 13.4. The van der Waals surface area contributed by atoms with Crippen LogP contribution in [0.5, 0.6) is 0 Å². The Morgan fingerprint density at radius 2 is 2.11 bits per heavy atom. The van der Waals surface area contributed by atoms with Crippen LogP contribution in [0.25, 0.3) is 11.1 Å². The van der Waals surface area contributed by atoms with Gasteiger partial charge in [-0.25, -0.2) is 9.18 Å². The number of rotatable bonds is 3. The van der Waals surface area contributed by atoms with Crippen molar-refractivity contribution in [2.75, 3.05) is 18.8 Å². The molecular weight excluding hydrogens is 385 g/mol. The zero-order valence-electron chi connectivity index (χ0n) is 15.0. The number of benzene rings is 2. The van der Waals surface area contributed by atoms with Crippen LogP contribution in [0.4, 0.5) is 10.1 Å². The Labute approximate surface area is 165 Å².